The summed E-state index contributed by atoms with van der Waals surface area (Å²) in [5.41, 5.74) is 8.38. The third kappa shape index (κ3) is 5.76. The molecule has 2 nitrogen and oxygen atoms in total. The lowest BCUT2D eigenvalue weighted by Gasteiger charge is -2.21. The van der Waals surface area contributed by atoms with Crippen LogP contribution in [0.3, 0.4) is 0 Å². The van der Waals surface area contributed by atoms with E-state index in [1.165, 1.54) is 43.2 Å². The molecule has 1 fully saturated rings. The lowest BCUT2D eigenvalue weighted by atomic mass is 9.83. The maximum atomic E-state index is 12.4. The average Bonchev–Trinajstić information content (AvgIpc) is 2.61. The Kier molecular flexibility index (Phi) is 7.81. The molecule has 0 aromatic heterocycles. The van der Waals surface area contributed by atoms with Gasteiger partial charge in [0.15, 0.2) is 0 Å². The van der Waals surface area contributed by atoms with E-state index in [4.69, 9.17) is 5.73 Å². The maximum Gasteiger partial charge on any atom is 0.135 e. The molecule has 1 atom stereocenters. The molecular weight excluding hydrogens is 282 g/mol. The highest BCUT2D eigenvalue weighted by Crippen LogP contribution is 2.30. The largest absolute Gasteiger partial charge is 0.326 e. The third-order valence-electron chi connectivity index (χ3n) is 5.33. The highest BCUT2D eigenvalue weighted by atomic mass is 16.1. The molecule has 0 saturated heterocycles. The number of carbonyl (C=O) groups is 1. The topological polar surface area (TPSA) is 43.1 Å². The van der Waals surface area contributed by atoms with Crippen molar-refractivity contribution in [2.75, 3.05) is 0 Å². The van der Waals surface area contributed by atoms with Crippen LogP contribution >= 0.6 is 0 Å². The fraction of sp³-hybridized carbons (Fsp3) is 0.667. The highest BCUT2D eigenvalue weighted by molar-refractivity contribution is 5.81. The number of ketones is 1. The molecule has 0 amide bonds. The van der Waals surface area contributed by atoms with Crippen molar-refractivity contribution < 1.29 is 4.79 Å². The Morgan fingerprint density at radius 3 is 2.70 bits per heavy atom. The van der Waals surface area contributed by atoms with Gasteiger partial charge in [-0.2, -0.15) is 0 Å². The number of hydrogen-bond acceptors (Lipinski definition) is 2. The molecule has 1 aromatic rings. The van der Waals surface area contributed by atoms with Crippen molar-refractivity contribution in [2.24, 2.45) is 11.7 Å². The zero-order valence-electron chi connectivity index (χ0n) is 14.7. The predicted molar refractivity (Wildman–Crippen MR) is 97.4 cm³/mol. The van der Waals surface area contributed by atoms with Crippen LogP contribution in [0.1, 0.15) is 88.2 Å². The van der Waals surface area contributed by atoms with Gasteiger partial charge in [0.25, 0.3) is 0 Å². The molecule has 1 aliphatic rings. The van der Waals surface area contributed by atoms with Gasteiger partial charge in [-0.25, -0.2) is 0 Å². The van der Waals surface area contributed by atoms with Gasteiger partial charge >= 0.3 is 0 Å². The van der Waals surface area contributed by atoms with Crippen LogP contribution in [0.25, 0.3) is 0 Å². The van der Waals surface area contributed by atoms with Gasteiger partial charge in [0.05, 0.1) is 0 Å². The van der Waals surface area contributed by atoms with Crippen molar-refractivity contribution in [1.29, 1.82) is 0 Å². The molecule has 23 heavy (non-hydrogen) atoms. The van der Waals surface area contributed by atoms with Crippen LogP contribution in [0, 0.1) is 5.92 Å². The maximum absolute atomic E-state index is 12.4. The Morgan fingerprint density at radius 2 is 2.00 bits per heavy atom. The van der Waals surface area contributed by atoms with Crippen molar-refractivity contribution in [1.82, 2.24) is 0 Å². The average molecular weight is 316 g/mol. The van der Waals surface area contributed by atoms with E-state index in [1.54, 1.807) is 0 Å². The van der Waals surface area contributed by atoms with Crippen LogP contribution in [0.5, 0.6) is 0 Å². The minimum atomic E-state index is 0.369. The Labute approximate surface area is 141 Å². The summed E-state index contributed by atoms with van der Waals surface area (Å²) in [5, 5.41) is 0. The molecule has 0 radical (unpaired) electrons. The van der Waals surface area contributed by atoms with Crippen LogP contribution in [-0.4, -0.2) is 5.78 Å². The summed E-state index contributed by atoms with van der Waals surface area (Å²) in [5.74, 6) is 1.47. The molecule has 0 aliphatic heterocycles. The van der Waals surface area contributed by atoms with E-state index in [-0.39, 0.29) is 0 Å². The zero-order chi connectivity index (χ0) is 16.5. The summed E-state index contributed by atoms with van der Waals surface area (Å²) in [6.07, 6.45) is 11.4. The first kappa shape index (κ1) is 18.2. The smallest absolute Gasteiger partial charge is 0.135 e. The summed E-state index contributed by atoms with van der Waals surface area (Å²) in [7, 11) is 0. The van der Waals surface area contributed by atoms with Gasteiger partial charge in [0.1, 0.15) is 5.78 Å². The van der Waals surface area contributed by atoms with Crippen molar-refractivity contribution in [3.8, 4) is 0 Å². The quantitative estimate of drug-likeness (QED) is 0.667. The molecule has 0 heterocycles. The molecule has 0 bridgehead atoms. The van der Waals surface area contributed by atoms with E-state index < -0.39 is 0 Å². The first-order valence-electron chi connectivity index (χ1n) is 9.56. The fourth-order valence-electron chi connectivity index (χ4n) is 3.95. The van der Waals surface area contributed by atoms with Crippen molar-refractivity contribution in [3.63, 3.8) is 0 Å². The second kappa shape index (κ2) is 9.87. The third-order valence-corrected chi connectivity index (χ3v) is 5.33. The fourth-order valence-corrected chi connectivity index (χ4v) is 3.95. The van der Waals surface area contributed by atoms with Crippen LogP contribution < -0.4 is 5.73 Å². The Balaban J connectivity index is 1.85. The molecule has 2 heteroatoms. The molecule has 128 valence electrons. The Hall–Kier alpha value is -1.15. The second-order valence-electron chi connectivity index (χ2n) is 7.13. The zero-order valence-corrected chi connectivity index (χ0v) is 14.7. The van der Waals surface area contributed by atoms with Crippen LogP contribution in [0.15, 0.2) is 24.3 Å². The first-order valence-corrected chi connectivity index (χ1v) is 9.56. The van der Waals surface area contributed by atoms with E-state index in [9.17, 15) is 4.79 Å². The summed E-state index contributed by atoms with van der Waals surface area (Å²) in [4.78, 5) is 12.4. The van der Waals surface area contributed by atoms with Gasteiger partial charge in [-0.3, -0.25) is 4.79 Å². The normalized spacial score (nSPS) is 17.1. The van der Waals surface area contributed by atoms with Crippen LogP contribution in [0.2, 0.25) is 0 Å². The van der Waals surface area contributed by atoms with E-state index in [0.717, 1.165) is 32.1 Å². The minimum absolute atomic E-state index is 0.369. The van der Waals surface area contributed by atoms with E-state index in [1.807, 2.05) is 0 Å². The van der Waals surface area contributed by atoms with Gasteiger partial charge < -0.3 is 5.73 Å². The van der Waals surface area contributed by atoms with E-state index in [0.29, 0.717) is 24.2 Å². The number of hydrogen-bond donors (Lipinski definition) is 1. The van der Waals surface area contributed by atoms with Crippen molar-refractivity contribution >= 4 is 5.78 Å². The molecule has 2 N–H and O–H groups in total. The molecule has 1 unspecified atom stereocenters. The van der Waals surface area contributed by atoms with Crippen molar-refractivity contribution in [3.05, 3.63) is 35.4 Å². The van der Waals surface area contributed by atoms with E-state index >= 15 is 0 Å². The van der Waals surface area contributed by atoms with Crippen LogP contribution in [-0.2, 0) is 11.3 Å². The molecular formula is C21H33NO. The van der Waals surface area contributed by atoms with Gasteiger partial charge in [0.2, 0.25) is 0 Å². The van der Waals surface area contributed by atoms with Gasteiger partial charge in [0, 0.05) is 18.9 Å². The Bertz CT molecular complexity index is 476. The number of Topliss-reactive ketones (excluding diaryl/α,β-unsaturated/α-hetero) is 1. The van der Waals surface area contributed by atoms with Gasteiger partial charge in [-0.05, 0) is 49.1 Å². The minimum Gasteiger partial charge on any atom is -0.326 e. The lowest BCUT2D eigenvalue weighted by Crippen LogP contribution is -2.17. The molecule has 2 rings (SSSR count). The molecule has 1 aromatic carbocycles. The summed E-state index contributed by atoms with van der Waals surface area (Å²) in [6, 6.07) is 8.69. The van der Waals surface area contributed by atoms with Gasteiger partial charge in [-0.15, -0.1) is 0 Å². The van der Waals surface area contributed by atoms with Gasteiger partial charge in [-0.1, -0.05) is 56.9 Å². The molecule has 1 saturated carbocycles. The summed E-state index contributed by atoms with van der Waals surface area (Å²) >= 11 is 0. The number of carbonyl (C=O) groups excluding carboxylic acids is 1. The van der Waals surface area contributed by atoms with Crippen LogP contribution in [0.4, 0.5) is 0 Å². The SMILES string of the molecule is CCCC(CCCC(=O)C1CCCCC1)c1cccc(CN)c1. The predicted octanol–water partition coefficient (Wildman–Crippen LogP) is 5.35. The number of rotatable bonds is 9. The number of benzene rings is 1. The van der Waals surface area contributed by atoms with Crippen molar-refractivity contribution in [2.45, 2.75) is 83.6 Å². The second-order valence-corrected chi connectivity index (χ2v) is 7.13. The Morgan fingerprint density at radius 1 is 1.22 bits per heavy atom. The monoisotopic (exact) mass is 315 g/mol. The van der Waals surface area contributed by atoms with E-state index in [2.05, 4.69) is 31.2 Å². The highest BCUT2D eigenvalue weighted by Gasteiger charge is 2.21. The first-order chi connectivity index (χ1) is 11.2. The summed E-state index contributed by atoms with van der Waals surface area (Å²) < 4.78 is 0. The standard InChI is InChI=1S/C21H33NO/c1-2-8-18(20-13-6-9-17(15-20)16-22)12-7-14-21(23)19-10-4-3-5-11-19/h6,9,13,15,18-19H,2-5,7-8,10-12,14,16,22H2,1H3. The summed E-state index contributed by atoms with van der Waals surface area (Å²) in [6.45, 7) is 2.85. The molecule has 1 aliphatic carbocycles. The number of nitrogens with two attached hydrogens (primary N) is 1. The molecule has 0 spiro atoms. The lowest BCUT2D eigenvalue weighted by molar-refractivity contribution is -0.123.